The number of hydrogen-bond acceptors (Lipinski definition) is 3. The number of aryl methyl sites for hydroxylation is 1. The van der Waals surface area contributed by atoms with Gasteiger partial charge in [0.05, 0.1) is 5.92 Å². The van der Waals surface area contributed by atoms with Crippen LogP contribution in [-0.2, 0) is 11.8 Å². The van der Waals surface area contributed by atoms with Gasteiger partial charge in [-0.3, -0.25) is 4.79 Å². The third-order valence-corrected chi connectivity index (χ3v) is 3.21. The van der Waals surface area contributed by atoms with Crippen molar-refractivity contribution in [3.63, 3.8) is 0 Å². The monoisotopic (exact) mass is 221 g/mol. The highest BCUT2D eigenvalue weighted by atomic mass is 16.4. The molecule has 1 aliphatic rings. The lowest BCUT2D eigenvalue weighted by atomic mass is 9.82. The van der Waals surface area contributed by atoms with E-state index in [0.29, 0.717) is 6.42 Å². The molecule has 2 unspecified atom stereocenters. The number of aromatic nitrogens is 3. The van der Waals surface area contributed by atoms with Crippen LogP contribution in [-0.4, -0.2) is 25.8 Å². The van der Waals surface area contributed by atoms with Crippen LogP contribution >= 0.6 is 0 Å². The topological polar surface area (TPSA) is 68.0 Å². The first-order valence-corrected chi connectivity index (χ1v) is 5.35. The van der Waals surface area contributed by atoms with Crippen LogP contribution in [0.15, 0.2) is 12.2 Å². The van der Waals surface area contributed by atoms with Crippen LogP contribution in [0.5, 0.6) is 0 Å². The van der Waals surface area contributed by atoms with Gasteiger partial charge in [-0.25, -0.2) is 0 Å². The molecule has 0 saturated heterocycles. The molecule has 16 heavy (non-hydrogen) atoms. The van der Waals surface area contributed by atoms with Crippen LogP contribution in [0, 0.1) is 12.8 Å². The molecule has 0 aliphatic heterocycles. The summed E-state index contributed by atoms with van der Waals surface area (Å²) in [5, 5.41) is 17.2. The van der Waals surface area contributed by atoms with Crippen molar-refractivity contribution in [2.75, 3.05) is 0 Å². The summed E-state index contributed by atoms with van der Waals surface area (Å²) in [7, 11) is 1.88. The molecule has 0 saturated carbocycles. The highest BCUT2D eigenvalue weighted by molar-refractivity contribution is 5.71. The average Bonchev–Trinajstić information content (AvgIpc) is 2.60. The number of carboxylic acids is 1. The van der Waals surface area contributed by atoms with Gasteiger partial charge in [0, 0.05) is 13.0 Å². The second-order valence-corrected chi connectivity index (χ2v) is 4.16. The van der Waals surface area contributed by atoms with E-state index in [1.54, 1.807) is 0 Å². The van der Waals surface area contributed by atoms with E-state index in [4.69, 9.17) is 0 Å². The first-order chi connectivity index (χ1) is 7.61. The molecule has 0 spiro atoms. The van der Waals surface area contributed by atoms with E-state index in [1.807, 2.05) is 30.7 Å². The van der Waals surface area contributed by atoms with Gasteiger partial charge in [0.15, 0.2) is 0 Å². The molecule has 0 amide bonds. The Bertz CT molecular complexity index is 436. The van der Waals surface area contributed by atoms with Gasteiger partial charge in [0.1, 0.15) is 11.6 Å². The number of nitrogens with zero attached hydrogens (tertiary/aromatic N) is 3. The smallest absolute Gasteiger partial charge is 0.307 e. The maximum Gasteiger partial charge on any atom is 0.307 e. The maximum absolute atomic E-state index is 11.2. The van der Waals surface area contributed by atoms with Crippen molar-refractivity contribution in [3.8, 4) is 0 Å². The first-order valence-electron chi connectivity index (χ1n) is 5.35. The molecule has 5 heteroatoms. The van der Waals surface area contributed by atoms with E-state index in [0.717, 1.165) is 18.1 Å². The molecule has 0 fully saturated rings. The maximum atomic E-state index is 11.2. The zero-order valence-corrected chi connectivity index (χ0v) is 9.42. The van der Waals surface area contributed by atoms with E-state index in [9.17, 15) is 9.90 Å². The Balaban J connectivity index is 2.34. The molecule has 0 bridgehead atoms. The molecule has 0 radical (unpaired) electrons. The Kier molecular flexibility index (Phi) is 2.77. The van der Waals surface area contributed by atoms with Crippen molar-refractivity contribution in [2.45, 2.75) is 25.7 Å². The highest BCUT2D eigenvalue weighted by Gasteiger charge is 2.33. The van der Waals surface area contributed by atoms with E-state index in [1.165, 1.54) is 0 Å². The van der Waals surface area contributed by atoms with Gasteiger partial charge < -0.3 is 9.67 Å². The summed E-state index contributed by atoms with van der Waals surface area (Å²) < 4.78 is 1.87. The average molecular weight is 221 g/mol. The van der Waals surface area contributed by atoms with Crippen molar-refractivity contribution in [3.05, 3.63) is 23.8 Å². The lowest BCUT2D eigenvalue weighted by molar-refractivity contribution is -0.142. The fraction of sp³-hybridized carbons (Fsp3) is 0.545. The second-order valence-electron chi connectivity index (χ2n) is 4.16. The van der Waals surface area contributed by atoms with Gasteiger partial charge >= 0.3 is 5.97 Å². The minimum atomic E-state index is -0.755. The number of allylic oxidation sites excluding steroid dienone is 2. The fourth-order valence-corrected chi connectivity index (χ4v) is 2.12. The van der Waals surface area contributed by atoms with Gasteiger partial charge in [0.2, 0.25) is 0 Å². The van der Waals surface area contributed by atoms with Gasteiger partial charge in [0.25, 0.3) is 0 Å². The zero-order valence-electron chi connectivity index (χ0n) is 9.42. The lowest BCUT2D eigenvalue weighted by Crippen LogP contribution is -2.25. The van der Waals surface area contributed by atoms with Crippen molar-refractivity contribution in [2.24, 2.45) is 13.0 Å². The number of hydrogen-bond donors (Lipinski definition) is 1. The molecular formula is C11H15N3O2. The number of carboxylic acid groups (broad SMARTS) is 1. The molecule has 2 rings (SSSR count). The van der Waals surface area contributed by atoms with Gasteiger partial charge in [-0.05, 0) is 19.8 Å². The fourth-order valence-electron chi connectivity index (χ4n) is 2.12. The van der Waals surface area contributed by atoms with E-state index in [2.05, 4.69) is 10.2 Å². The molecular weight excluding hydrogens is 206 g/mol. The second kappa shape index (κ2) is 4.08. The molecule has 1 aliphatic carbocycles. The summed E-state index contributed by atoms with van der Waals surface area (Å²) in [5.41, 5.74) is 0. The largest absolute Gasteiger partial charge is 0.481 e. The third kappa shape index (κ3) is 1.73. The minimum absolute atomic E-state index is 0.0614. The summed E-state index contributed by atoms with van der Waals surface area (Å²) in [6.07, 6.45) is 5.25. The van der Waals surface area contributed by atoms with Crippen LogP contribution in [0.25, 0.3) is 0 Å². The molecule has 2 atom stereocenters. The summed E-state index contributed by atoms with van der Waals surface area (Å²) in [5.74, 6) is 0.388. The van der Waals surface area contributed by atoms with Crippen molar-refractivity contribution >= 4 is 5.97 Å². The molecule has 86 valence electrons. The van der Waals surface area contributed by atoms with E-state index in [-0.39, 0.29) is 11.8 Å². The van der Waals surface area contributed by atoms with Gasteiger partial charge in [-0.1, -0.05) is 12.2 Å². The Morgan fingerprint density at radius 1 is 1.44 bits per heavy atom. The molecule has 0 aromatic carbocycles. The van der Waals surface area contributed by atoms with Crippen LogP contribution in [0.2, 0.25) is 0 Å². The molecule has 5 nitrogen and oxygen atoms in total. The Morgan fingerprint density at radius 2 is 2.12 bits per heavy atom. The minimum Gasteiger partial charge on any atom is -0.481 e. The summed E-state index contributed by atoms with van der Waals surface area (Å²) in [6, 6.07) is 0. The van der Waals surface area contributed by atoms with Crippen LogP contribution in [0.1, 0.15) is 30.4 Å². The van der Waals surface area contributed by atoms with Gasteiger partial charge in [-0.2, -0.15) is 0 Å². The quantitative estimate of drug-likeness (QED) is 0.763. The SMILES string of the molecule is Cc1nnc(C2CC=CCC2C(=O)O)n1C. The summed E-state index contributed by atoms with van der Waals surface area (Å²) >= 11 is 0. The van der Waals surface area contributed by atoms with Crippen molar-refractivity contribution < 1.29 is 9.90 Å². The highest BCUT2D eigenvalue weighted by Crippen LogP contribution is 2.33. The number of carbonyl (C=O) groups is 1. The zero-order chi connectivity index (χ0) is 11.7. The summed E-state index contributed by atoms with van der Waals surface area (Å²) in [4.78, 5) is 11.2. The number of rotatable bonds is 2. The predicted octanol–water partition coefficient (Wildman–Crippen LogP) is 1.26. The Hall–Kier alpha value is -1.65. The first kappa shape index (κ1) is 10.9. The van der Waals surface area contributed by atoms with E-state index >= 15 is 0 Å². The summed E-state index contributed by atoms with van der Waals surface area (Å²) in [6.45, 7) is 1.87. The molecule has 1 N–H and O–H groups in total. The van der Waals surface area contributed by atoms with Crippen LogP contribution in [0.3, 0.4) is 0 Å². The predicted molar refractivity (Wildman–Crippen MR) is 58.0 cm³/mol. The molecule has 1 heterocycles. The van der Waals surface area contributed by atoms with Crippen molar-refractivity contribution in [1.29, 1.82) is 0 Å². The normalized spacial score (nSPS) is 24.6. The lowest BCUT2D eigenvalue weighted by Gasteiger charge is -2.24. The number of aliphatic carboxylic acids is 1. The standard InChI is InChI=1S/C11H15N3O2/c1-7-12-13-10(14(7)2)8-5-3-4-6-9(8)11(15)16/h3-4,8-9H,5-6H2,1-2H3,(H,15,16). The van der Waals surface area contributed by atoms with Crippen LogP contribution in [0.4, 0.5) is 0 Å². The van der Waals surface area contributed by atoms with Crippen LogP contribution < -0.4 is 0 Å². The molecule has 1 aromatic heterocycles. The Morgan fingerprint density at radius 3 is 2.69 bits per heavy atom. The molecule has 1 aromatic rings. The van der Waals surface area contributed by atoms with Crippen molar-refractivity contribution in [1.82, 2.24) is 14.8 Å². The third-order valence-electron chi connectivity index (χ3n) is 3.21. The van der Waals surface area contributed by atoms with E-state index < -0.39 is 5.97 Å². The Labute approximate surface area is 93.8 Å². The van der Waals surface area contributed by atoms with Gasteiger partial charge in [-0.15, -0.1) is 10.2 Å².